The van der Waals surface area contributed by atoms with Gasteiger partial charge in [-0.05, 0) is 31.7 Å². The maximum absolute atomic E-state index is 5.76. The summed E-state index contributed by atoms with van der Waals surface area (Å²) in [6.45, 7) is 9.74. The van der Waals surface area contributed by atoms with Gasteiger partial charge in [0.2, 0.25) is 5.95 Å². The molecule has 0 amide bonds. The van der Waals surface area contributed by atoms with Crippen LogP contribution in [0.3, 0.4) is 0 Å². The molecule has 1 atom stereocenters. The molecule has 0 aromatic carbocycles. The van der Waals surface area contributed by atoms with E-state index in [0.29, 0.717) is 6.10 Å². The van der Waals surface area contributed by atoms with Gasteiger partial charge >= 0.3 is 0 Å². The van der Waals surface area contributed by atoms with Gasteiger partial charge in [0.1, 0.15) is 0 Å². The minimum absolute atomic E-state index is 0.474. The van der Waals surface area contributed by atoms with Crippen molar-refractivity contribution in [2.24, 2.45) is 0 Å². The molecule has 0 radical (unpaired) electrons. The predicted molar refractivity (Wildman–Crippen MR) is 94.2 cm³/mol. The van der Waals surface area contributed by atoms with E-state index in [-0.39, 0.29) is 0 Å². The highest BCUT2D eigenvalue weighted by atomic mass is 16.5. The Bertz CT molecular complexity index is 520. The fourth-order valence-electron chi connectivity index (χ4n) is 3.98. The summed E-state index contributed by atoms with van der Waals surface area (Å²) in [6, 6.07) is 2.07. The molecule has 1 aromatic rings. The van der Waals surface area contributed by atoms with Gasteiger partial charge in [0, 0.05) is 65.2 Å². The highest BCUT2D eigenvalue weighted by Crippen LogP contribution is 2.17. The van der Waals surface area contributed by atoms with Crippen LogP contribution in [0.4, 0.5) is 5.95 Å². The van der Waals surface area contributed by atoms with Crippen LogP contribution < -0.4 is 4.90 Å². The van der Waals surface area contributed by atoms with E-state index in [1.54, 1.807) is 0 Å². The Kier molecular flexibility index (Phi) is 5.25. The molecule has 24 heavy (non-hydrogen) atoms. The van der Waals surface area contributed by atoms with Crippen molar-refractivity contribution in [1.82, 2.24) is 19.8 Å². The van der Waals surface area contributed by atoms with Gasteiger partial charge in [-0.25, -0.2) is 9.97 Å². The van der Waals surface area contributed by atoms with Crippen molar-refractivity contribution in [2.75, 3.05) is 57.3 Å². The van der Waals surface area contributed by atoms with Gasteiger partial charge < -0.3 is 9.64 Å². The van der Waals surface area contributed by atoms with E-state index in [9.17, 15) is 0 Å². The molecule has 0 spiro atoms. The van der Waals surface area contributed by atoms with Gasteiger partial charge in [-0.2, -0.15) is 0 Å². The van der Waals surface area contributed by atoms with Crippen molar-refractivity contribution in [3.8, 4) is 0 Å². The van der Waals surface area contributed by atoms with Crippen molar-refractivity contribution in [2.45, 2.75) is 38.3 Å². The highest BCUT2D eigenvalue weighted by molar-refractivity contribution is 5.31. The van der Waals surface area contributed by atoms with Crippen molar-refractivity contribution in [3.63, 3.8) is 0 Å². The Labute approximate surface area is 144 Å². The number of aromatic nitrogens is 2. The lowest BCUT2D eigenvalue weighted by Gasteiger charge is -2.35. The maximum Gasteiger partial charge on any atom is 0.225 e. The molecule has 6 heteroatoms. The Hall–Kier alpha value is -1.24. The van der Waals surface area contributed by atoms with Crippen LogP contribution in [-0.4, -0.2) is 78.3 Å². The molecule has 0 N–H and O–H groups in total. The summed E-state index contributed by atoms with van der Waals surface area (Å²) >= 11 is 0. The Morgan fingerprint density at radius 3 is 2.54 bits per heavy atom. The summed E-state index contributed by atoms with van der Waals surface area (Å²) in [6.07, 6.45) is 7.39. The second-order valence-corrected chi connectivity index (χ2v) is 7.25. The number of hydrogen-bond acceptors (Lipinski definition) is 6. The third kappa shape index (κ3) is 4.05. The van der Waals surface area contributed by atoms with E-state index in [1.807, 2.05) is 6.20 Å². The lowest BCUT2D eigenvalue weighted by atomic mass is 10.2. The first kappa shape index (κ1) is 16.2. The molecular formula is C18H29N5O. The van der Waals surface area contributed by atoms with Gasteiger partial charge in [-0.1, -0.05) is 0 Å². The predicted octanol–water partition coefficient (Wildman–Crippen LogP) is 1.37. The van der Waals surface area contributed by atoms with E-state index < -0.39 is 0 Å². The van der Waals surface area contributed by atoms with Crippen molar-refractivity contribution in [1.29, 1.82) is 0 Å². The van der Waals surface area contributed by atoms with Crippen molar-refractivity contribution in [3.05, 3.63) is 18.0 Å². The zero-order valence-corrected chi connectivity index (χ0v) is 14.6. The number of piperazine rings is 1. The first-order valence-corrected chi connectivity index (χ1v) is 9.50. The molecule has 4 rings (SSSR count). The molecule has 4 heterocycles. The zero-order chi connectivity index (χ0) is 16.2. The monoisotopic (exact) mass is 331 g/mol. The zero-order valence-electron chi connectivity index (χ0n) is 14.6. The Balaban J connectivity index is 1.26. The fourth-order valence-corrected chi connectivity index (χ4v) is 3.98. The molecular weight excluding hydrogens is 302 g/mol. The summed E-state index contributed by atoms with van der Waals surface area (Å²) in [7, 11) is 0. The topological polar surface area (TPSA) is 44.7 Å². The van der Waals surface area contributed by atoms with E-state index in [2.05, 4.69) is 25.8 Å². The van der Waals surface area contributed by atoms with Crippen molar-refractivity contribution >= 4 is 5.95 Å². The number of nitrogens with zero attached hydrogens (tertiary/aromatic N) is 5. The quantitative estimate of drug-likeness (QED) is 0.812. The van der Waals surface area contributed by atoms with Crippen LogP contribution in [0.5, 0.6) is 0 Å². The number of rotatable bonds is 5. The molecule has 6 nitrogen and oxygen atoms in total. The average Bonchev–Trinajstić information content (AvgIpc) is 3.30. The largest absolute Gasteiger partial charge is 0.377 e. The summed E-state index contributed by atoms with van der Waals surface area (Å²) in [5.74, 6) is 0.919. The normalized spacial score (nSPS) is 26.3. The highest BCUT2D eigenvalue weighted by Gasteiger charge is 2.23. The second kappa shape index (κ2) is 7.76. The van der Waals surface area contributed by atoms with Crippen LogP contribution in [0.25, 0.3) is 0 Å². The van der Waals surface area contributed by atoms with E-state index >= 15 is 0 Å². The summed E-state index contributed by atoms with van der Waals surface area (Å²) in [5.41, 5.74) is 1.15. The minimum Gasteiger partial charge on any atom is -0.377 e. The lowest BCUT2D eigenvalue weighted by Crippen LogP contribution is -2.48. The molecule has 0 saturated carbocycles. The van der Waals surface area contributed by atoms with Crippen LogP contribution in [0.1, 0.15) is 31.4 Å². The molecule has 0 bridgehead atoms. The van der Waals surface area contributed by atoms with Gasteiger partial charge in [-0.3, -0.25) is 9.80 Å². The number of ether oxygens (including phenoxy) is 1. The van der Waals surface area contributed by atoms with Crippen LogP contribution in [0.2, 0.25) is 0 Å². The Morgan fingerprint density at radius 1 is 1.00 bits per heavy atom. The lowest BCUT2D eigenvalue weighted by molar-refractivity contribution is 0.0487. The molecule has 1 aromatic heterocycles. The van der Waals surface area contributed by atoms with Gasteiger partial charge in [0.05, 0.1) is 11.8 Å². The first-order chi connectivity index (χ1) is 11.9. The average molecular weight is 331 g/mol. The maximum atomic E-state index is 5.76. The van der Waals surface area contributed by atoms with Crippen LogP contribution in [0.15, 0.2) is 12.3 Å². The van der Waals surface area contributed by atoms with Gasteiger partial charge in [0.25, 0.3) is 0 Å². The van der Waals surface area contributed by atoms with Crippen LogP contribution in [0, 0.1) is 0 Å². The van der Waals surface area contributed by atoms with Crippen molar-refractivity contribution < 1.29 is 4.74 Å². The smallest absolute Gasteiger partial charge is 0.225 e. The van der Waals surface area contributed by atoms with Gasteiger partial charge in [0.15, 0.2) is 0 Å². The number of anilines is 1. The van der Waals surface area contributed by atoms with Crippen LogP contribution in [-0.2, 0) is 11.3 Å². The van der Waals surface area contributed by atoms with E-state index in [1.165, 1.54) is 25.7 Å². The molecule has 3 fully saturated rings. The summed E-state index contributed by atoms with van der Waals surface area (Å²) < 4.78 is 5.76. The summed E-state index contributed by atoms with van der Waals surface area (Å²) in [4.78, 5) is 16.6. The molecule has 0 unspecified atom stereocenters. The third-order valence-electron chi connectivity index (χ3n) is 5.43. The first-order valence-electron chi connectivity index (χ1n) is 9.50. The molecule has 3 saturated heterocycles. The van der Waals surface area contributed by atoms with Crippen LogP contribution >= 0.6 is 0 Å². The van der Waals surface area contributed by atoms with Gasteiger partial charge in [-0.15, -0.1) is 0 Å². The van der Waals surface area contributed by atoms with E-state index in [4.69, 9.17) is 9.72 Å². The third-order valence-corrected chi connectivity index (χ3v) is 5.43. The fraction of sp³-hybridized carbons (Fsp3) is 0.778. The molecule has 132 valence electrons. The molecule has 3 aliphatic heterocycles. The minimum atomic E-state index is 0.474. The molecule has 0 aliphatic carbocycles. The SMILES string of the molecule is c1cc(CN2CCN(C[C@H]3CCCO3)CC2)nc(N2CCCC2)n1. The number of hydrogen-bond donors (Lipinski definition) is 0. The molecule has 3 aliphatic rings. The Morgan fingerprint density at radius 2 is 1.79 bits per heavy atom. The summed E-state index contributed by atoms with van der Waals surface area (Å²) in [5, 5.41) is 0. The second-order valence-electron chi connectivity index (χ2n) is 7.25. The standard InChI is InChI=1S/C18H29N5O/c1-2-8-23(7-1)18-19-6-5-16(20-18)14-21-9-11-22(12-10-21)15-17-4-3-13-24-17/h5-6,17H,1-4,7-15H2/t17-/m1/s1. The van der Waals surface area contributed by atoms with E-state index in [0.717, 1.165) is 70.6 Å².